The Kier molecular flexibility index (Phi) is 4.66. The van der Waals surface area contributed by atoms with Gasteiger partial charge in [-0.05, 0) is 45.2 Å². The Morgan fingerprint density at radius 2 is 1.76 bits per heavy atom. The summed E-state index contributed by atoms with van der Waals surface area (Å²) in [6.45, 7) is 8.19. The quantitative estimate of drug-likeness (QED) is 0.882. The molecule has 1 aliphatic carbocycles. The van der Waals surface area contributed by atoms with Gasteiger partial charge in [0.05, 0.1) is 0 Å². The van der Waals surface area contributed by atoms with Gasteiger partial charge in [0.1, 0.15) is 0 Å². The zero-order chi connectivity index (χ0) is 14.7. The summed E-state index contributed by atoms with van der Waals surface area (Å²) in [5, 5.41) is 3.90. The molecule has 2 aliphatic rings. The maximum atomic E-state index is 3.90. The Morgan fingerprint density at radius 3 is 2.48 bits per heavy atom. The summed E-state index contributed by atoms with van der Waals surface area (Å²) < 4.78 is 0. The predicted molar refractivity (Wildman–Crippen MR) is 89.6 cm³/mol. The highest BCUT2D eigenvalue weighted by molar-refractivity contribution is 5.24. The highest BCUT2D eigenvalue weighted by Crippen LogP contribution is 2.33. The molecule has 1 N–H and O–H groups in total. The lowest BCUT2D eigenvalue weighted by molar-refractivity contribution is 0.134. The van der Waals surface area contributed by atoms with Gasteiger partial charge in [-0.2, -0.15) is 0 Å². The molecule has 1 spiro atoms. The third-order valence-corrected chi connectivity index (χ3v) is 5.55. The maximum absolute atomic E-state index is 3.90. The van der Waals surface area contributed by atoms with Gasteiger partial charge in [-0.25, -0.2) is 0 Å². The van der Waals surface area contributed by atoms with Crippen molar-refractivity contribution in [2.24, 2.45) is 0 Å². The number of hydrogen-bond acceptors (Lipinski definition) is 2. The molecule has 2 fully saturated rings. The topological polar surface area (TPSA) is 15.3 Å². The van der Waals surface area contributed by atoms with E-state index in [2.05, 4.69) is 48.3 Å². The fourth-order valence-corrected chi connectivity index (χ4v) is 4.11. The molecule has 21 heavy (non-hydrogen) atoms. The van der Waals surface area contributed by atoms with E-state index in [9.17, 15) is 0 Å². The van der Waals surface area contributed by atoms with E-state index in [0.29, 0.717) is 11.6 Å². The lowest BCUT2D eigenvalue weighted by atomic mass is 9.81. The molecule has 3 rings (SSSR count). The van der Waals surface area contributed by atoms with Crippen molar-refractivity contribution in [3.63, 3.8) is 0 Å². The van der Waals surface area contributed by atoms with Crippen LogP contribution in [-0.4, -0.2) is 30.1 Å². The van der Waals surface area contributed by atoms with Gasteiger partial charge in [-0.1, -0.05) is 49.1 Å². The molecule has 116 valence electrons. The summed E-state index contributed by atoms with van der Waals surface area (Å²) in [5.41, 5.74) is 3.22. The molecule has 1 saturated heterocycles. The van der Waals surface area contributed by atoms with Crippen molar-refractivity contribution in [2.45, 2.75) is 64.0 Å². The van der Waals surface area contributed by atoms with E-state index in [4.69, 9.17) is 0 Å². The monoisotopic (exact) mass is 286 g/mol. The Hall–Kier alpha value is -0.860. The van der Waals surface area contributed by atoms with E-state index in [1.165, 1.54) is 69.3 Å². The van der Waals surface area contributed by atoms with Gasteiger partial charge in [0.2, 0.25) is 0 Å². The first-order valence-electron chi connectivity index (χ1n) is 8.74. The van der Waals surface area contributed by atoms with Gasteiger partial charge < -0.3 is 5.32 Å². The number of nitrogens with zero attached hydrogens (tertiary/aromatic N) is 1. The number of hydrogen-bond donors (Lipinski definition) is 1. The van der Waals surface area contributed by atoms with E-state index < -0.39 is 0 Å². The second kappa shape index (κ2) is 6.50. The molecule has 1 heterocycles. The third kappa shape index (κ3) is 3.49. The lowest BCUT2D eigenvalue weighted by Gasteiger charge is -2.41. The average Bonchev–Trinajstić information content (AvgIpc) is 2.71. The molecule has 0 aromatic heterocycles. The van der Waals surface area contributed by atoms with Crippen molar-refractivity contribution in [3.8, 4) is 0 Å². The van der Waals surface area contributed by atoms with Crippen LogP contribution >= 0.6 is 0 Å². The molecular formula is C19H30N2. The zero-order valence-corrected chi connectivity index (χ0v) is 13.7. The van der Waals surface area contributed by atoms with Crippen LogP contribution in [0.4, 0.5) is 0 Å². The van der Waals surface area contributed by atoms with Gasteiger partial charge in [-0.15, -0.1) is 0 Å². The van der Waals surface area contributed by atoms with Crippen LogP contribution in [0.1, 0.15) is 62.6 Å². The number of nitrogens with one attached hydrogen (secondary N) is 1. The van der Waals surface area contributed by atoms with Gasteiger partial charge in [0.25, 0.3) is 0 Å². The van der Waals surface area contributed by atoms with E-state index in [0.717, 1.165) is 0 Å². The Balaban J connectivity index is 1.74. The van der Waals surface area contributed by atoms with Crippen molar-refractivity contribution in [3.05, 3.63) is 35.4 Å². The summed E-state index contributed by atoms with van der Waals surface area (Å²) in [6.07, 6.45) is 8.24. The van der Waals surface area contributed by atoms with E-state index in [1.54, 1.807) is 0 Å². The lowest BCUT2D eigenvalue weighted by Crippen LogP contribution is -2.52. The SMILES string of the molecule is Cc1ccc(C(C)N2CCCNC3(CCCCC3)C2)cc1. The molecule has 1 aliphatic heterocycles. The minimum atomic E-state index is 0.397. The molecular weight excluding hydrogens is 256 g/mol. The molecule has 0 amide bonds. The highest BCUT2D eigenvalue weighted by Gasteiger charge is 2.36. The zero-order valence-electron chi connectivity index (χ0n) is 13.7. The molecule has 0 bridgehead atoms. The number of aryl methyl sites for hydroxylation is 1. The molecule has 0 radical (unpaired) electrons. The highest BCUT2D eigenvalue weighted by atomic mass is 15.2. The van der Waals surface area contributed by atoms with E-state index >= 15 is 0 Å². The normalized spacial score (nSPS) is 24.7. The molecule has 1 saturated carbocycles. The van der Waals surface area contributed by atoms with E-state index in [-0.39, 0.29) is 0 Å². The second-order valence-electron chi connectivity index (χ2n) is 7.18. The van der Waals surface area contributed by atoms with Gasteiger partial charge in [0, 0.05) is 24.7 Å². The van der Waals surface area contributed by atoms with Gasteiger partial charge >= 0.3 is 0 Å². The molecule has 1 unspecified atom stereocenters. The van der Waals surface area contributed by atoms with Crippen molar-refractivity contribution >= 4 is 0 Å². The van der Waals surface area contributed by atoms with Crippen LogP contribution in [0.15, 0.2) is 24.3 Å². The molecule has 1 aromatic carbocycles. The fourth-order valence-electron chi connectivity index (χ4n) is 4.11. The summed E-state index contributed by atoms with van der Waals surface area (Å²) in [6, 6.07) is 9.65. The molecule has 1 aromatic rings. The van der Waals surface area contributed by atoms with Gasteiger partial charge in [0.15, 0.2) is 0 Å². The largest absolute Gasteiger partial charge is 0.310 e. The second-order valence-corrected chi connectivity index (χ2v) is 7.18. The Labute approximate surface area is 129 Å². The van der Waals surface area contributed by atoms with Crippen LogP contribution in [0.25, 0.3) is 0 Å². The van der Waals surface area contributed by atoms with Crippen LogP contribution < -0.4 is 5.32 Å². The summed E-state index contributed by atoms with van der Waals surface area (Å²) in [4.78, 5) is 2.72. The Bertz CT molecular complexity index is 445. The summed E-state index contributed by atoms with van der Waals surface area (Å²) >= 11 is 0. The standard InChI is InChI=1S/C19H30N2/c1-16-7-9-18(10-8-16)17(2)21-14-6-13-20-19(15-21)11-4-3-5-12-19/h7-10,17,20H,3-6,11-15H2,1-2H3. The predicted octanol–water partition coefficient (Wildman–Crippen LogP) is 4.05. The van der Waals surface area contributed by atoms with Crippen LogP contribution in [0.5, 0.6) is 0 Å². The van der Waals surface area contributed by atoms with Crippen molar-refractivity contribution in [2.75, 3.05) is 19.6 Å². The van der Waals surface area contributed by atoms with Crippen LogP contribution in [0.2, 0.25) is 0 Å². The fraction of sp³-hybridized carbons (Fsp3) is 0.684. The minimum Gasteiger partial charge on any atom is -0.310 e. The average molecular weight is 286 g/mol. The van der Waals surface area contributed by atoms with E-state index in [1.807, 2.05) is 0 Å². The van der Waals surface area contributed by atoms with Crippen molar-refractivity contribution in [1.82, 2.24) is 10.2 Å². The Morgan fingerprint density at radius 1 is 1.05 bits per heavy atom. The maximum Gasteiger partial charge on any atom is 0.0320 e. The number of rotatable bonds is 2. The summed E-state index contributed by atoms with van der Waals surface area (Å²) in [7, 11) is 0. The van der Waals surface area contributed by atoms with Crippen LogP contribution in [0, 0.1) is 6.92 Å². The third-order valence-electron chi connectivity index (χ3n) is 5.55. The first-order chi connectivity index (χ1) is 10.2. The van der Waals surface area contributed by atoms with Crippen molar-refractivity contribution in [1.29, 1.82) is 0 Å². The van der Waals surface area contributed by atoms with Crippen LogP contribution in [0.3, 0.4) is 0 Å². The van der Waals surface area contributed by atoms with Gasteiger partial charge in [-0.3, -0.25) is 4.90 Å². The molecule has 2 heteroatoms. The minimum absolute atomic E-state index is 0.397. The smallest absolute Gasteiger partial charge is 0.0320 e. The van der Waals surface area contributed by atoms with Crippen LogP contribution in [-0.2, 0) is 0 Å². The molecule has 1 atom stereocenters. The first kappa shape index (κ1) is 15.1. The van der Waals surface area contributed by atoms with Crippen molar-refractivity contribution < 1.29 is 0 Å². The first-order valence-corrected chi connectivity index (χ1v) is 8.74. The molecule has 2 nitrogen and oxygen atoms in total. The number of benzene rings is 1. The summed E-state index contributed by atoms with van der Waals surface area (Å²) in [5.74, 6) is 0.